The summed E-state index contributed by atoms with van der Waals surface area (Å²) in [6, 6.07) is 0. The minimum Gasteiger partial charge on any atom is -0.462 e. The number of phosphoric acid groups is 2. The Hall–Kier alpha value is -1.94. The Bertz CT molecular complexity index is 1730. The van der Waals surface area contributed by atoms with Crippen molar-refractivity contribution in [1.29, 1.82) is 0 Å². The molecule has 0 aromatic carbocycles. The second kappa shape index (κ2) is 57.9. The van der Waals surface area contributed by atoms with Gasteiger partial charge in [-0.1, -0.05) is 280 Å². The van der Waals surface area contributed by atoms with Crippen LogP contribution in [0.2, 0.25) is 0 Å². The standard InChI is InChI=1S/C68H132O17P2/c1-9-61(8)47-39-31-21-16-14-12-10-11-13-15-17-22-32-40-48-65(70)78-54-63(84-67(72)50-42-34-26-24-29-37-45-59(4)5)56-82-86(74,75)80-52-62(69)53-81-87(76,77)83-57-64(85-68(73)51-43-35-27-25-30-38-46-60(6)7)55-79-66(71)49-41-33-23-19-18-20-28-36-44-58(2)3/h58-64,69H,9-57H2,1-8H3,(H,74,75)(H,76,77)/t61?,62?,63-,64-/m1/s1. The number of aliphatic hydroxyl groups is 1. The van der Waals surface area contributed by atoms with Gasteiger partial charge in [-0.05, 0) is 49.4 Å². The Morgan fingerprint density at radius 1 is 0.322 bits per heavy atom. The Morgan fingerprint density at radius 3 is 0.816 bits per heavy atom. The maximum Gasteiger partial charge on any atom is 0.472 e. The smallest absolute Gasteiger partial charge is 0.462 e. The Kier molecular flexibility index (Phi) is 56.6. The van der Waals surface area contributed by atoms with Gasteiger partial charge in [-0.25, -0.2) is 9.13 Å². The van der Waals surface area contributed by atoms with Gasteiger partial charge in [0.25, 0.3) is 0 Å². The molecule has 0 aliphatic rings. The zero-order valence-corrected chi connectivity index (χ0v) is 58.4. The number of rotatable bonds is 65. The first-order chi connectivity index (χ1) is 41.6. The molecule has 0 saturated heterocycles. The summed E-state index contributed by atoms with van der Waals surface area (Å²) in [6.45, 7) is 14.0. The molecule has 0 aromatic heterocycles. The maximum atomic E-state index is 13.0. The minimum atomic E-state index is -4.95. The van der Waals surface area contributed by atoms with Crippen LogP contribution in [0.15, 0.2) is 0 Å². The van der Waals surface area contributed by atoms with Crippen molar-refractivity contribution >= 4 is 39.5 Å². The molecular formula is C68H132O17P2. The van der Waals surface area contributed by atoms with Crippen LogP contribution in [-0.2, 0) is 65.4 Å². The lowest BCUT2D eigenvalue weighted by Gasteiger charge is -2.21. The monoisotopic (exact) mass is 1280 g/mol. The number of hydrogen-bond donors (Lipinski definition) is 3. The molecule has 0 fully saturated rings. The molecule has 0 bridgehead atoms. The van der Waals surface area contributed by atoms with Crippen molar-refractivity contribution in [3.63, 3.8) is 0 Å². The fraction of sp³-hybridized carbons (Fsp3) is 0.941. The Balaban J connectivity index is 5.15. The van der Waals surface area contributed by atoms with Crippen molar-refractivity contribution in [2.24, 2.45) is 23.7 Å². The topological polar surface area (TPSA) is 237 Å². The van der Waals surface area contributed by atoms with E-state index >= 15 is 0 Å². The first kappa shape index (κ1) is 85.1. The van der Waals surface area contributed by atoms with Crippen LogP contribution >= 0.6 is 15.6 Å². The lowest BCUT2D eigenvalue weighted by molar-refractivity contribution is -0.161. The number of hydrogen-bond acceptors (Lipinski definition) is 15. The minimum absolute atomic E-state index is 0.101. The van der Waals surface area contributed by atoms with Crippen molar-refractivity contribution in [3.05, 3.63) is 0 Å². The number of phosphoric ester groups is 2. The molecule has 0 heterocycles. The van der Waals surface area contributed by atoms with Crippen LogP contribution in [0.1, 0.15) is 331 Å². The fourth-order valence-electron chi connectivity index (χ4n) is 10.1. The summed E-state index contributed by atoms with van der Waals surface area (Å²) < 4.78 is 68.1. The molecule has 0 amide bonds. The Labute approximate surface area is 530 Å². The van der Waals surface area contributed by atoms with Gasteiger partial charge < -0.3 is 33.8 Å². The lowest BCUT2D eigenvalue weighted by atomic mass is 9.99. The van der Waals surface area contributed by atoms with Crippen molar-refractivity contribution in [1.82, 2.24) is 0 Å². The highest BCUT2D eigenvalue weighted by Gasteiger charge is 2.30. The van der Waals surface area contributed by atoms with E-state index in [1.54, 1.807) is 0 Å². The highest BCUT2D eigenvalue weighted by molar-refractivity contribution is 7.47. The maximum absolute atomic E-state index is 13.0. The van der Waals surface area contributed by atoms with E-state index in [-0.39, 0.29) is 25.7 Å². The van der Waals surface area contributed by atoms with Gasteiger partial charge in [0, 0.05) is 25.7 Å². The highest BCUT2D eigenvalue weighted by atomic mass is 31.2. The summed E-state index contributed by atoms with van der Waals surface area (Å²) in [5.74, 6) is 0.774. The van der Waals surface area contributed by atoms with Crippen LogP contribution in [0.25, 0.3) is 0 Å². The zero-order valence-electron chi connectivity index (χ0n) is 56.6. The number of unbranched alkanes of at least 4 members (excludes halogenated alkanes) is 30. The predicted molar refractivity (Wildman–Crippen MR) is 349 cm³/mol. The van der Waals surface area contributed by atoms with E-state index in [2.05, 4.69) is 55.4 Å². The SMILES string of the molecule is CCC(C)CCCCCCCCCCCCCCCCC(=O)OC[C@H](COP(=O)(O)OCC(O)COP(=O)(O)OC[C@@H](COC(=O)CCCCCCCCCCC(C)C)OC(=O)CCCCCCCCC(C)C)OC(=O)CCCCCCCCC(C)C. The van der Waals surface area contributed by atoms with Crippen LogP contribution in [-0.4, -0.2) is 96.7 Å². The summed E-state index contributed by atoms with van der Waals surface area (Å²) in [4.78, 5) is 72.3. The van der Waals surface area contributed by atoms with Gasteiger partial charge >= 0.3 is 39.5 Å². The number of esters is 4. The van der Waals surface area contributed by atoms with Gasteiger partial charge in [0.15, 0.2) is 12.2 Å². The third-order valence-corrected chi connectivity index (χ3v) is 17.8. The highest BCUT2D eigenvalue weighted by Crippen LogP contribution is 2.45. The molecule has 87 heavy (non-hydrogen) atoms. The third-order valence-electron chi connectivity index (χ3n) is 15.9. The van der Waals surface area contributed by atoms with Crippen molar-refractivity contribution < 1.29 is 80.2 Å². The summed E-state index contributed by atoms with van der Waals surface area (Å²) >= 11 is 0. The van der Waals surface area contributed by atoms with Crippen LogP contribution in [0, 0.1) is 23.7 Å². The average molecular weight is 1280 g/mol. The quantitative estimate of drug-likeness (QED) is 0.0222. The van der Waals surface area contributed by atoms with Crippen LogP contribution < -0.4 is 0 Å². The Morgan fingerprint density at radius 2 is 0.552 bits per heavy atom. The van der Waals surface area contributed by atoms with Crippen molar-refractivity contribution in [2.75, 3.05) is 39.6 Å². The molecule has 19 heteroatoms. The number of carbonyl (C=O) groups excluding carboxylic acids is 4. The van der Waals surface area contributed by atoms with Crippen LogP contribution in [0.4, 0.5) is 0 Å². The van der Waals surface area contributed by atoms with Crippen LogP contribution in [0.3, 0.4) is 0 Å². The van der Waals surface area contributed by atoms with Gasteiger partial charge in [0.2, 0.25) is 0 Å². The molecule has 0 aliphatic heterocycles. The molecule has 0 radical (unpaired) electrons. The van der Waals surface area contributed by atoms with E-state index in [0.717, 1.165) is 102 Å². The molecule has 17 nitrogen and oxygen atoms in total. The number of ether oxygens (including phenoxy) is 4. The molecule has 0 aliphatic carbocycles. The largest absolute Gasteiger partial charge is 0.472 e. The molecular weight excluding hydrogens is 1150 g/mol. The van der Waals surface area contributed by atoms with E-state index in [4.69, 9.17) is 37.0 Å². The molecule has 6 atom stereocenters. The third kappa shape index (κ3) is 61.3. The second-order valence-electron chi connectivity index (χ2n) is 26.2. The van der Waals surface area contributed by atoms with E-state index < -0.39 is 97.5 Å². The van der Waals surface area contributed by atoms with E-state index in [1.165, 1.54) is 135 Å². The zero-order chi connectivity index (χ0) is 64.7. The second-order valence-corrected chi connectivity index (χ2v) is 29.1. The van der Waals surface area contributed by atoms with Gasteiger partial charge in [0.05, 0.1) is 26.4 Å². The summed E-state index contributed by atoms with van der Waals surface area (Å²) in [6.07, 6.45) is 39.4. The first-order valence-corrected chi connectivity index (χ1v) is 38.2. The molecule has 0 aromatic rings. The summed E-state index contributed by atoms with van der Waals surface area (Å²) in [5, 5.41) is 10.5. The molecule has 4 unspecified atom stereocenters. The average Bonchev–Trinajstić information content (AvgIpc) is 3.57. The molecule has 3 N–H and O–H groups in total. The normalized spacial score (nSPS) is 14.6. The van der Waals surface area contributed by atoms with E-state index in [9.17, 15) is 43.2 Å². The fourth-order valence-corrected chi connectivity index (χ4v) is 11.7. The van der Waals surface area contributed by atoms with E-state index in [1.807, 2.05) is 0 Å². The number of aliphatic hydroxyl groups excluding tert-OH is 1. The van der Waals surface area contributed by atoms with Gasteiger partial charge in [-0.3, -0.25) is 37.3 Å². The predicted octanol–water partition coefficient (Wildman–Crippen LogP) is 18.9. The molecule has 516 valence electrons. The van der Waals surface area contributed by atoms with E-state index in [0.29, 0.717) is 37.5 Å². The summed E-state index contributed by atoms with van der Waals surface area (Å²) in [5.41, 5.74) is 0. The molecule has 0 rings (SSSR count). The van der Waals surface area contributed by atoms with Gasteiger partial charge in [-0.15, -0.1) is 0 Å². The van der Waals surface area contributed by atoms with Gasteiger partial charge in [0.1, 0.15) is 19.3 Å². The van der Waals surface area contributed by atoms with Gasteiger partial charge in [-0.2, -0.15) is 0 Å². The van der Waals surface area contributed by atoms with Crippen LogP contribution in [0.5, 0.6) is 0 Å². The first-order valence-electron chi connectivity index (χ1n) is 35.2. The molecule has 0 spiro atoms. The number of carbonyl (C=O) groups is 4. The molecule has 0 saturated carbocycles. The summed E-state index contributed by atoms with van der Waals surface area (Å²) in [7, 11) is -9.89. The van der Waals surface area contributed by atoms with Crippen molar-refractivity contribution in [3.8, 4) is 0 Å². The lowest BCUT2D eigenvalue weighted by Crippen LogP contribution is -2.30. The van der Waals surface area contributed by atoms with Crippen molar-refractivity contribution in [2.45, 2.75) is 350 Å².